The lowest BCUT2D eigenvalue weighted by atomic mass is 9.53. The molecule has 3 saturated heterocycles. The van der Waals surface area contributed by atoms with Crippen LogP contribution in [0, 0.1) is 23.2 Å². The van der Waals surface area contributed by atoms with Gasteiger partial charge in [0.25, 0.3) is 5.91 Å². The Morgan fingerprint density at radius 2 is 2.03 bits per heavy atom. The molecule has 1 spiro atoms. The summed E-state index contributed by atoms with van der Waals surface area (Å²) in [5.41, 5.74) is 0.328. The third kappa shape index (κ3) is 3.23. The van der Waals surface area contributed by atoms with E-state index in [-0.39, 0.29) is 34.9 Å². The van der Waals surface area contributed by atoms with Crippen LogP contribution >= 0.6 is 0 Å². The highest BCUT2D eigenvalue weighted by molar-refractivity contribution is 5.91. The first-order valence-electron chi connectivity index (χ1n) is 11.9. The number of ether oxygens (including phenoxy) is 2. The van der Waals surface area contributed by atoms with Crippen LogP contribution in [0.3, 0.4) is 0 Å². The minimum atomic E-state index is -0.0559. The van der Waals surface area contributed by atoms with Crippen LogP contribution in [0.1, 0.15) is 49.6 Å². The molecular weight excluding hydrogens is 396 g/mol. The van der Waals surface area contributed by atoms with Crippen molar-refractivity contribution in [1.29, 1.82) is 0 Å². The molecule has 1 amide bonds. The van der Waals surface area contributed by atoms with Crippen LogP contribution in [-0.4, -0.2) is 72.7 Å². The topological polar surface area (TPSA) is 75.5 Å². The maximum atomic E-state index is 12.9. The van der Waals surface area contributed by atoms with Crippen molar-refractivity contribution in [3.63, 3.8) is 0 Å². The Morgan fingerprint density at radius 3 is 2.74 bits per heavy atom. The number of furan rings is 1. The van der Waals surface area contributed by atoms with Gasteiger partial charge in [-0.3, -0.25) is 14.5 Å². The molecular formula is C24H32N2O5. The summed E-state index contributed by atoms with van der Waals surface area (Å²) in [5, 5.41) is 0. The van der Waals surface area contributed by atoms with Gasteiger partial charge in [-0.05, 0) is 55.6 Å². The highest BCUT2D eigenvalue weighted by atomic mass is 16.6. The molecule has 6 rings (SSSR count). The number of amides is 1. The number of carbonyl (C=O) groups excluding carboxylic acids is 2. The molecule has 7 heteroatoms. The number of esters is 1. The van der Waals surface area contributed by atoms with Crippen LogP contribution in [0.5, 0.6) is 0 Å². The second-order valence-electron chi connectivity index (χ2n) is 10.7. The summed E-state index contributed by atoms with van der Waals surface area (Å²) in [6.45, 7) is 6.91. The van der Waals surface area contributed by atoms with E-state index in [1.807, 2.05) is 4.90 Å². The van der Waals surface area contributed by atoms with Crippen molar-refractivity contribution in [3.05, 3.63) is 24.2 Å². The van der Waals surface area contributed by atoms with Gasteiger partial charge in [0, 0.05) is 38.6 Å². The molecule has 0 aromatic carbocycles. The SMILES string of the molecule is C[C@]12CCC[C@@]3(CO3)[C@@H]1C[C@H]1[C@@H](C2)OC(=O)[C@@H]1CN1CCN(C(=O)c2ccco2)CC1. The fraction of sp³-hybridized carbons (Fsp3) is 0.750. The number of hydrogen-bond donors (Lipinski definition) is 0. The van der Waals surface area contributed by atoms with Gasteiger partial charge in [-0.25, -0.2) is 0 Å². The second-order valence-corrected chi connectivity index (χ2v) is 10.7. The molecule has 5 fully saturated rings. The smallest absolute Gasteiger partial charge is 0.310 e. The summed E-state index contributed by atoms with van der Waals surface area (Å²) in [6.07, 6.45) is 7.26. The molecule has 3 aliphatic heterocycles. The van der Waals surface area contributed by atoms with E-state index in [1.165, 1.54) is 25.5 Å². The van der Waals surface area contributed by atoms with Gasteiger partial charge in [-0.15, -0.1) is 0 Å². The number of nitrogens with zero attached hydrogens (tertiary/aromatic N) is 2. The average Bonchev–Trinajstić information content (AvgIpc) is 3.19. The van der Waals surface area contributed by atoms with Gasteiger partial charge in [-0.2, -0.15) is 0 Å². The van der Waals surface area contributed by atoms with Crippen molar-refractivity contribution >= 4 is 11.9 Å². The fourth-order valence-corrected chi connectivity index (χ4v) is 7.13. The van der Waals surface area contributed by atoms with E-state index in [9.17, 15) is 9.59 Å². The maximum absolute atomic E-state index is 12.9. The fourth-order valence-electron chi connectivity index (χ4n) is 7.13. The molecule has 6 atom stereocenters. The average molecular weight is 429 g/mol. The molecule has 31 heavy (non-hydrogen) atoms. The first kappa shape index (κ1) is 19.8. The summed E-state index contributed by atoms with van der Waals surface area (Å²) < 4.78 is 17.2. The summed E-state index contributed by atoms with van der Waals surface area (Å²) in [4.78, 5) is 29.6. The predicted octanol–water partition coefficient (Wildman–Crippen LogP) is 2.56. The Balaban J connectivity index is 1.11. The van der Waals surface area contributed by atoms with Crippen LogP contribution in [0.4, 0.5) is 0 Å². The van der Waals surface area contributed by atoms with Crippen LogP contribution in [0.25, 0.3) is 0 Å². The lowest BCUT2D eigenvalue weighted by Gasteiger charge is -2.51. The zero-order chi connectivity index (χ0) is 21.2. The highest BCUT2D eigenvalue weighted by Crippen LogP contribution is 2.62. The summed E-state index contributed by atoms with van der Waals surface area (Å²) in [6, 6.07) is 3.45. The lowest BCUT2D eigenvalue weighted by Crippen LogP contribution is -2.53. The minimum absolute atomic E-state index is 0.0166. The monoisotopic (exact) mass is 428 g/mol. The molecule has 2 aliphatic carbocycles. The Hall–Kier alpha value is -1.86. The number of epoxide rings is 1. The molecule has 0 bridgehead atoms. The standard InChI is InChI=1S/C24H32N2O5/c1-23-5-3-6-24(15-30-24)20(23)12-16-17(22(28)31-19(16)13-23)14-25-7-9-26(10-8-25)21(27)18-4-2-11-29-18/h2,4,11,16-17,19-20H,3,5-10,12-15H2,1H3/t16-,17-,19-,20-,23-,24-/m1/s1. The normalized spacial score (nSPS) is 42.2. The third-order valence-corrected chi connectivity index (χ3v) is 8.93. The lowest BCUT2D eigenvalue weighted by molar-refractivity contribution is -0.147. The predicted molar refractivity (Wildman–Crippen MR) is 111 cm³/mol. The van der Waals surface area contributed by atoms with E-state index < -0.39 is 0 Å². The first-order valence-corrected chi connectivity index (χ1v) is 11.9. The Kier molecular flexibility index (Phi) is 4.52. The number of rotatable bonds is 3. The molecule has 0 unspecified atom stereocenters. The third-order valence-electron chi connectivity index (χ3n) is 8.93. The molecule has 0 radical (unpaired) electrons. The van der Waals surface area contributed by atoms with Crippen LogP contribution in [0.2, 0.25) is 0 Å². The Labute approximate surface area is 183 Å². The molecule has 5 aliphatic rings. The zero-order valence-electron chi connectivity index (χ0n) is 18.3. The summed E-state index contributed by atoms with van der Waals surface area (Å²) >= 11 is 0. The van der Waals surface area contributed by atoms with E-state index >= 15 is 0 Å². The molecule has 0 N–H and O–H groups in total. The number of hydrogen-bond acceptors (Lipinski definition) is 6. The molecule has 7 nitrogen and oxygen atoms in total. The zero-order valence-corrected chi connectivity index (χ0v) is 18.3. The van der Waals surface area contributed by atoms with Crippen molar-refractivity contribution < 1.29 is 23.5 Å². The van der Waals surface area contributed by atoms with E-state index in [1.54, 1.807) is 12.1 Å². The van der Waals surface area contributed by atoms with E-state index in [0.29, 0.717) is 30.7 Å². The van der Waals surface area contributed by atoms with Gasteiger partial charge in [0.05, 0.1) is 24.4 Å². The van der Waals surface area contributed by atoms with Crippen molar-refractivity contribution in [2.75, 3.05) is 39.3 Å². The van der Waals surface area contributed by atoms with E-state index in [0.717, 1.165) is 39.1 Å². The maximum Gasteiger partial charge on any atom is 0.310 e. The van der Waals surface area contributed by atoms with Crippen molar-refractivity contribution in [2.24, 2.45) is 23.2 Å². The molecule has 2 saturated carbocycles. The van der Waals surface area contributed by atoms with Gasteiger partial charge >= 0.3 is 5.97 Å². The van der Waals surface area contributed by atoms with E-state index in [2.05, 4.69) is 11.8 Å². The highest BCUT2D eigenvalue weighted by Gasteiger charge is 2.65. The van der Waals surface area contributed by atoms with Crippen molar-refractivity contribution in [1.82, 2.24) is 9.80 Å². The van der Waals surface area contributed by atoms with Crippen LogP contribution in [-0.2, 0) is 14.3 Å². The van der Waals surface area contributed by atoms with Gasteiger partial charge in [0.2, 0.25) is 0 Å². The minimum Gasteiger partial charge on any atom is -0.462 e. The number of piperazine rings is 1. The molecule has 1 aromatic rings. The van der Waals surface area contributed by atoms with Gasteiger partial charge in [0.1, 0.15) is 6.10 Å². The molecule has 1 aromatic heterocycles. The first-order chi connectivity index (χ1) is 15.0. The number of carbonyl (C=O) groups is 2. The Bertz CT molecular complexity index is 857. The Morgan fingerprint density at radius 1 is 1.23 bits per heavy atom. The largest absolute Gasteiger partial charge is 0.462 e. The molecule has 4 heterocycles. The van der Waals surface area contributed by atoms with Crippen LogP contribution < -0.4 is 0 Å². The second kappa shape index (κ2) is 7.07. The van der Waals surface area contributed by atoms with Crippen molar-refractivity contribution in [2.45, 2.75) is 50.7 Å². The van der Waals surface area contributed by atoms with E-state index in [4.69, 9.17) is 13.9 Å². The number of fused-ring (bicyclic) bond motifs is 3. The van der Waals surface area contributed by atoms with Crippen molar-refractivity contribution in [3.8, 4) is 0 Å². The van der Waals surface area contributed by atoms with Gasteiger partial charge in [-0.1, -0.05) is 6.92 Å². The van der Waals surface area contributed by atoms with Crippen LogP contribution in [0.15, 0.2) is 22.8 Å². The van der Waals surface area contributed by atoms with Gasteiger partial charge < -0.3 is 18.8 Å². The summed E-state index contributed by atoms with van der Waals surface area (Å²) in [5.74, 6) is 1.12. The van der Waals surface area contributed by atoms with Gasteiger partial charge in [0.15, 0.2) is 5.76 Å². The quantitative estimate of drug-likeness (QED) is 0.544. The molecule has 168 valence electrons. The summed E-state index contributed by atoms with van der Waals surface area (Å²) in [7, 11) is 0.